The van der Waals surface area contributed by atoms with Gasteiger partial charge in [-0.25, -0.2) is 9.97 Å². The van der Waals surface area contributed by atoms with Crippen molar-refractivity contribution in [1.82, 2.24) is 19.9 Å². The minimum atomic E-state index is -0.548. The third-order valence-corrected chi connectivity index (χ3v) is 5.77. The summed E-state index contributed by atoms with van der Waals surface area (Å²) < 4.78 is 5.51. The Morgan fingerprint density at radius 3 is 2.14 bits per heavy atom. The van der Waals surface area contributed by atoms with Crippen LogP contribution in [0.15, 0.2) is 72.8 Å². The van der Waals surface area contributed by atoms with E-state index in [1.54, 1.807) is 6.07 Å². The van der Waals surface area contributed by atoms with Gasteiger partial charge in [0.1, 0.15) is 5.75 Å². The summed E-state index contributed by atoms with van der Waals surface area (Å²) in [4.78, 5) is 27.6. The summed E-state index contributed by atoms with van der Waals surface area (Å²) in [6.45, 7) is -0.187. The lowest BCUT2D eigenvalue weighted by Gasteiger charge is -2.07. The van der Waals surface area contributed by atoms with E-state index in [2.05, 4.69) is 16.0 Å². The van der Waals surface area contributed by atoms with Crippen LogP contribution in [0.3, 0.4) is 0 Å². The van der Waals surface area contributed by atoms with Gasteiger partial charge in [0.15, 0.2) is 6.61 Å². The van der Waals surface area contributed by atoms with E-state index in [0.29, 0.717) is 5.75 Å². The Kier molecular flexibility index (Phi) is 5.28. The van der Waals surface area contributed by atoms with Gasteiger partial charge in [0.2, 0.25) is 0 Å². The number of fused-ring (bicyclic) bond motifs is 8. The van der Waals surface area contributed by atoms with Crippen LogP contribution in [-0.4, -0.2) is 31.8 Å². The molecule has 7 heteroatoms. The molecule has 0 aliphatic carbocycles. The van der Waals surface area contributed by atoms with E-state index < -0.39 is 5.24 Å². The van der Waals surface area contributed by atoms with Gasteiger partial charge in [-0.15, -0.1) is 0 Å². The number of H-pyrrole nitrogens is 2. The van der Waals surface area contributed by atoms with Crippen LogP contribution >= 0.6 is 11.6 Å². The van der Waals surface area contributed by atoms with Crippen molar-refractivity contribution < 1.29 is 9.53 Å². The van der Waals surface area contributed by atoms with E-state index >= 15 is 0 Å². The first kappa shape index (κ1) is 21.1. The Morgan fingerprint density at radius 1 is 0.771 bits per heavy atom. The number of ether oxygens (including phenoxy) is 1. The van der Waals surface area contributed by atoms with Crippen LogP contribution in [0, 0.1) is 0 Å². The third kappa shape index (κ3) is 4.65. The first-order chi connectivity index (χ1) is 17.1. The minimum Gasteiger partial charge on any atom is -0.484 e. The molecule has 0 saturated carbocycles. The number of rotatable bonds is 4. The summed E-state index contributed by atoms with van der Waals surface area (Å²) >= 11 is 5.43. The third-order valence-electron chi connectivity index (χ3n) is 5.66. The van der Waals surface area contributed by atoms with Gasteiger partial charge in [-0.3, -0.25) is 4.79 Å². The van der Waals surface area contributed by atoms with Gasteiger partial charge in [0, 0.05) is 27.6 Å². The number of hydrogen-bond donors (Lipinski definition) is 2. The maximum Gasteiger partial charge on any atom is 0.259 e. The fourth-order valence-electron chi connectivity index (χ4n) is 4.14. The predicted molar refractivity (Wildman–Crippen MR) is 140 cm³/mol. The summed E-state index contributed by atoms with van der Waals surface area (Å²) in [7, 11) is 0. The Labute approximate surface area is 205 Å². The van der Waals surface area contributed by atoms with Crippen LogP contribution in [0.25, 0.3) is 45.9 Å². The van der Waals surface area contributed by atoms with Crippen molar-refractivity contribution in [1.29, 1.82) is 0 Å². The minimum absolute atomic E-state index is 0.187. The van der Waals surface area contributed by atoms with Crippen molar-refractivity contribution >= 4 is 62.7 Å². The normalized spacial score (nSPS) is 12.4. The second-order valence-corrected chi connectivity index (χ2v) is 8.68. The molecule has 2 N–H and O–H groups in total. The molecule has 3 aromatic heterocycles. The molecule has 0 spiro atoms. The molecule has 170 valence electrons. The lowest BCUT2D eigenvalue weighted by molar-refractivity contribution is -0.113. The maximum absolute atomic E-state index is 11.1. The Balaban J connectivity index is 1.53. The molecule has 6 nitrogen and oxygen atoms in total. The van der Waals surface area contributed by atoms with Crippen molar-refractivity contribution in [3.05, 3.63) is 101 Å². The number of halogens is 1. The van der Waals surface area contributed by atoms with Crippen LogP contribution < -0.4 is 4.74 Å². The number of hydrogen-bond acceptors (Lipinski definition) is 4. The zero-order chi connectivity index (χ0) is 23.8. The Morgan fingerprint density at radius 2 is 1.43 bits per heavy atom. The van der Waals surface area contributed by atoms with Gasteiger partial charge in [-0.2, -0.15) is 0 Å². The summed E-state index contributed by atoms with van der Waals surface area (Å²) in [5.41, 5.74) is 9.05. The molecule has 2 aliphatic heterocycles. The Bertz CT molecular complexity index is 1690. The highest BCUT2D eigenvalue weighted by Gasteiger charge is 2.14. The highest BCUT2D eigenvalue weighted by molar-refractivity contribution is 6.63. The van der Waals surface area contributed by atoms with Crippen LogP contribution in [0.5, 0.6) is 5.75 Å². The van der Waals surface area contributed by atoms with Crippen molar-refractivity contribution in [3.8, 4) is 5.75 Å². The highest BCUT2D eigenvalue weighted by Crippen LogP contribution is 2.31. The summed E-state index contributed by atoms with van der Waals surface area (Å²) in [6, 6.07) is 23.7. The van der Waals surface area contributed by atoms with Gasteiger partial charge in [-0.1, -0.05) is 12.1 Å². The van der Waals surface area contributed by atoms with Crippen molar-refractivity contribution in [3.63, 3.8) is 0 Å². The average molecular weight is 479 g/mol. The maximum atomic E-state index is 11.1. The molecule has 0 atom stereocenters. The van der Waals surface area contributed by atoms with Gasteiger partial charge >= 0.3 is 0 Å². The Hall–Kier alpha value is -4.42. The molecule has 6 rings (SSSR count). The first-order valence-corrected chi connectivity index (χ1v) is 11.5. The smallest absolute Gasteiger partial charge is 0.259 e. The average Bonchev–Trinajstić information content (AvgIpc) is 3.63. The second-order valence-electron chi connectivity index (χ2n) is 8.26. The van der Waals surface area contributed by atoms with E-state index in [9.17, 15) is 4.79 Å². The molecule has 0 amide bonds. The van der Waals surface area contributed by atoms with Crippen LogP contribution in [-0.2, 0) is 4.79 Å². The lowest BCUT2D eigenvalue weighted by atomic mass is 10.0. The van der Waals surface area contributed by atoms with Crippen molar-refractivity contribution in [2.75, 3.05) is 6.61 Å². The molecule has 0 radical (unpaired) electrons. The van der Waals surface area contributed by atoms with Gasteiger partial charge < -0.3 is 14.7 Å². The molecule has 5 heterocycles. The summed E-state index contributed by atoms with van der Waals surface area (Å²) in [6.07, 6.45) is 6.00. The predicted octanol–water partition coefficient (Wildman–Crippen LogP) is 6.22. The van der Waals surface area contributed by atoms with Crippen LogP contribution in [0.1, 0.15) is 28.3 Å². The number of aromatic amines is 2. The van der Waals surface area contributed by atoms with Gasteiger partial charge in [0.25, 0.3) is 5.24 Å². The molecule has 2 aliphatic rings. The largest absolute Gasteiger partial charge is 0.484 e. The number of nitrogens with zero attached hydrogens (tertiary/aromatic N) is 2. The lowest BCUT2D eigenvalue weighted by Crippen LogP contribution is -2.04. The molecule has 35 heavy (non-hydrogen) atoms. The molecule has 0 unspecified atom stereocenters. The first-order valence-electron chi connectivity index (χ1n) is 11.1. The SMILES string of the molecule is O=C(Cl)COc1cccc(C2=Cc3cc4ccc(cc5ccc(cc6nc(cc2n3)C=C6)[nH]5)[nH]4)c1. The number of aromatic nitrogens is 4. The molecule has 0 saturated heterocycles. The molecule has 0 fully saturated rings. The standard InChI is InChI=1S/C28H19ClN4O2/c29-28(34)16-35-25-3-1-2-17(10-25)26-14-24-13-22-7-6-20(31-22)11-18-4-5-19(30-18)12-21-8-9-23(32-21)15-27(26)33-24/h1-15,30-31H,16H2. The number of carbonyl (C=O) groups is 1. The highest BCUT2D eigenvalue weighted by atomic mass is 35.5. The number of carbonyl (C=O) groups excluding carboxylic acids is 1. The topological polar surface area (TPSA) is 83.7 Å². The summed E-state index contributed by atoms with van der Waals surface area (Å²) in [5, 5.41) is -0.548. The van der Waals surface area contributed by atoms with E-state index in [0.717, 1.165) is 56.0 Å². The van der Waals surface area contributed by atoms with Crippen molar-refractivity contribution in [2.24, 2.45) is 0 Å². The zero-order valence-corrected chi connectivity index (χ0v) is 19.2. The monoisotopic (exact) mass is 478 g/mol. The molecule has 8 bridgehead atoms. The van der Waals surface area contributed by atoms with Gasteiger partial charge in [0.05, 0.1) is 22.8 Å². The van der Waals surface area contributed by atoms with Crippen LogP contribution in [0.4, 0.5) is 0 Å². The molecular formula is C28H19ClN4O2. The molecular weight excluding hydrogens is 460 g/mol. The number of nitrogens with one attached hydrogen (secondary N) is 2. The molecule has 1 aromatic carbocycles. The second kappa shape index (κ2) is 8.74. The molecule has 4 aromatic rings. The van der Waals surface area contributed by atoms with Gasteiger partial charge in [-0.05, 0) is 96.1 Å². The van der Waals surface area contributed by atoms with Crippen molar-refractivity contribution in [2.45, 2.75) is 0 Å². The van der Waals surface area contributed by atoms with Crippen LogP contribution in [0.2, 0.25) is 0 Å². The van der Waals surface area contributed by atoms with E-state index in [4.69, 9.17) is 26.3 Å². The fraction of sp³-hybridized carbons (Fsp3) is 0.0357. The fourth-order valence-corrected chi connectivity index (χ4v) is 4.19. The summed E-state index contributed by atoms with van der Waals surface area (Å²) in [5.74, 6) is 0.561. The quantitative estimate of drug-likeness (QED) is 0.295. The van der Waals surface area contributed by atoms with E-state index in [-0.39, 0.29) is 6.61 Å². The number of benzene rings is 1. The van der Waals surface area contributed by atoms with E-state index in [1.807, 2.05) is 78.9 Å². The zero-order valence-electron chi connectivity index (χ0n) is 18.5. The van der Waals surface area contributed by atoms with E-state index in [1.165, 1.54) is 0 Å².